The van der Waals surface area contributed by atoms with Crippen molar-refractivity contribution in [3.63, 3.8) is 0 Å². The van der Waals surface area contributed by atoms with E-state index in [9.17, 15) is 33.8 Å². The number of unbranched alkanes of at least 4 members (excludes halogenated alkanes) is 13. The molecule has 14 heteroatoms. The summed E-state index contributed by atoms with van der Waals surface area (Å²) in [5, 5.41) is 19.3. The van der Waals surface area contributed by atoms with Gasteiger partial charge in [-0.2, -0.15) is 0 Å². The van der Waals surface area contributed by atoms with Crippen LogP contribution in [0.4, 0.5) is 0 Å². The number of aliphatic hydroxyl groups excluding tert-OH is 1. The van der Waals surface area contributed by atoms with Crippen LogP contribution in [0.15, 0.2) is 48.6 Å². The summed E-state index contributed by atoms with van der Waals surface area (Å²) >= 11 is 1.20. The topological polar surface area (TPSA) is 203 Å². The predicted octanol–water partition coefficient (Wildman–Crippen LogP) is 9.52. The quantitative estimate of drug-likeness (QED) is 0.0129. The second kappa shape index (κ2) is 36.8. The van der Waals surface area contributed by atoms with Crippen molar-refractivity contribution in [3.05, 3.63) is 48.6 Å². The zero-order chi connectivity index (χ0) is 42.6. The van der Waals surface area contributed by atoms with E-state index in [0.717, 1.165) is 38.0 Å². The molecule has 0 radical (unpaired) electrons. The average Bonchev–Trinajstić information content (AvgIpc) is 3.15. The molecule has 0 fully saturated rings. The minimum absolute atomic E-state index is 0.0416. The van der Waals surface area contributed by atoms with E-state index in [1.54, 1.807) is 12.2 Å². The monoisotopic (exact) mass is 845 g/mol. The number of hydrogen-bond acceptors (Lipinski definition) is 10. The molecular formula is C43H76NO11PS. The van der Waals surface area contributed by atoms with E-state index in [0.29, 0.717) is 6.42 Å². The van der Waals surface area contributed by atoms with E-state index in [1.807, 2.05) is 24.3 Å². The van der Waals surface area contributed by atoms with Gasteiger partial charge in [-0.15, -0.1) is 11.8 Å². The number of hydrogen-bond donors (Lipinski definition) is 5. The molecule has 0 unspecified atom stereocenters. The number of thioether (sulfide) groups is 1. The average molecular weight is 846 g/mol. The predicted molar refractivity (Wildman–Crippen MR) is 231 cm³/mol. The molecule has 0 heterocycles. The molecule has 0 aromatic rings. The zero-order valence-electron chi connectivity index (χ0n) is 35.1. The number of carboxylic acid groups (broad SMARTS) is 1. The molecule has 330 valence electrons. The number of rotatable bonds is 38. The Labute approximate surface area is 347 Å². The van der Waals surface area contributed by atoms with Gasteiger partial charge in [0.1, 0.15) is 12.6 Å². The molecule has 0 aliphatic heterocycles. The smallest absolute Gasteiger partial charge is 0.469 e. The lowest BCUT2D eigenvalue weighted by Crippen LogP contribution is -2.38. The molecule has 57 heavy (non-hydrogen) atoms. The third-order valence-corrected chi connectivity index (χ3v) is 10.9. The third-order valence-electron chi connectivity index (χ3n) is 9.02. The highest BCUT2D eigenvalue weighted by molar-refractivity contribution is 8.00. The van der Waals surface area contributed by atoms with Crippen LogP contribution in [-0.2, 0) is 32.9 Å². The van der Waals surface area contributed by atoms with Crippen molar-refractivity contribution in [1.82, 2.24) is 0 Å². The second-order valence-electron chi connectivity index (χ2n) is 15.0. The number of carbonyl (C=O) groups excluding carboxylic acids is 2. The number of esters is 2. The normalized spacial score (nSPS) is 14.6. The number of aliphatic carboxylic acids is 1. The fourth-order valence-electron chi connectivity index (χ4n) is 5.70. The van der Waals surface area contributed by atoms with Crippen molar-refractivity contribution in [3.8, 4) is 0 Å². The Morgan fingerprint density at radius 1 is 0.754 bits per heavy atom. The number of carboxylic acids is 1. The van der Waals surface area contributed by atoms with Crippen LogP contribution >= 0.6 is 19.6 Å². The number of ether oxygens (including phenoxy) is 2. The van der Waals surface area contributed by atoms with Gasteiger partial charge >= 0.3 is 25.7 Å². The van der Waals surface area contributed by atoms with E-state index in [-0.39, 0.29) is 31.4 Å². The third kappa shape index (κ3) is 37.8. The largest absolute Gasteiger partial charge is 0.481 e. The minimum atomic E-state index is -4.89. The lowest BCUT2D eigenvalue weighted by Gasteiger charge is -2.22. The summed E-state index contributed by atoms with van der Waals surface area (Å²) in [5.74, 6) is -1.56. The van der Waals surface area contributed by atoms with Crippen LogP contribution in [0.2, 0.25) is 0 Å². The molecule has 0 aliphatic carbocycles. The van der Waals surface area contributed by atoms with Crippen molar-refractivity contribution in [2.45, 2.75) is 179 Å². The van der Waals surface area contributed by atoms with E-state index in [2.05, 4.69) is 37.4 Å². The molecular weight excluding hydrogens is 770 g/mol. The van der Waals surface area contributed by atoms with E-state index >= 15 is 0 Å². The van der Waals surface area contributed by atoms with Gasteiger partial charge in [0.15, 0.2) is 6.10 Å². The van der Waals surface area contributed by atoms with Gasteiger partial charge in [-0.3, -0.25) is 18.9 Å². The Bertz CT molecular complexity index is 1200. The summed E-state index contributed by atoms with van der Waals surface area (Å²) in [6, 6.07) is -1.14. The van der Waals surface area contributed by atoms with Gasteiger partial charge < -0.3 is 35.2 Å². The number of nitrogens with two attached hydrogens (primary N) is 1. The summed E-state index contributed by atoms with van der Waals surface area (Å²) < 4.78 is 26.5. The van der Waals surface area contributed by atoms with Gasteiger partial charge in [0.05, 0.1) is 12.7 Å². The molecule has 6 N–H and O–H groups in total. The van der Waals surface area contributed by atoms with Gasteiger partial charge in [-0.25, -0.2) is 4.57 Å². The second-order valence-corrected chi connectivity index (χ2v) is 17.5. The summed E-state index contributed by atoms with van der Waals surface area (Å²) in [4.78, 5) is 54.7. The van der Waals surface area contributed by atoms with Crippen LogP contribution < -0.4 is 5.73 Å². The van der Waals surface area contributed by atoms with Crippen LogP contribution in [0.25, 0.3) is 0 Å². The summed E-state index contributed by atoms with van der Waals surface area (Å²) in [5.41, 5.74) is 6.10. The lowest BCUT2D eigenvalue weighted by atomic mass is 10.0. The van der Waals surface area contributed by atoms with Gasteiger partial charge in [0.25, 0.3) is 0 Å². The molecule has 12 nitrogen and oxygen atoms in total. The van der Waals surface area contributed by atoms with Gasteiger partial charge in [-0.05, 0) is 44.4 Å². The number of aliphatic hydroxyl groups is 1. The fraction of sp³-hybridized carbons (Fsp3) is 0.744. The van der Waals surface area contributed by atoms with E-state index in [4.69, 9.17) is 20.3 Å². The summed E-state index contributed by atoms with van der Waals surface area (Å²) in [6.45, 7) is 5.51. The Kier molecular flexibility index (Phi) is 35.3. The maximum absolute atomic E-state index is 12.8. The molecule has 0 spiro atoms. The number of phosphoric acid groups is 1. The highest BCUT2D eigenvalue weighted by Gasteiger charge is 2.26. The van der Waals surface area contributed by atoms with Crippen molar-refractivity contribution >= 4 is 37.5 Å². The van der Waals surface area contributed by atoms with Gasteiger partial charge in [-0.1, -0.05) is 153 Å². The van der Waals surface area contributed by atoms with E-state index in [1.165, 1.54) is 82.4 Å². The van der Waals surface area contributed by atoms with Crippen molar-refractivity contribution in [2.24, 2.45) is 11.7 Å². The molecule has 4 atom stereocenters. The van der Waals surface area contributed by atoms with Crippen LogP contribution in [0, 0.1) is 5.92 Å². The van der Waals surface area contributed by atoms with Crippen molar-refractivity contribution < 1.29 is 52.9 Å². The van der Waals surface area contributed by atoms with Gasteiger partial charge in [0.2, 0.25) is 0 Å². The van der Waals surface area contributed by atoms with Crippen LogP contribution in [0.1, 0.15) is 156 Å². The Balaban J connectivity index is 4.87. The molecule has 0 saturated heterocycles. The SMILES string of the molecule is CCCCC/C=C\C\C=C/C=C/C=C/[C@@H](SC[C@H](N)C(=O)OC[C@H](COP(=O)(O)O)OC(=O)CCCCCCCCCCCCCC(C)C)[C@@H](O)CCCC(=O)O. The molecule has 0 saturated carbocycles. The van der Waals surface area contributed by atoms with Gasteiger partial charge in [0, 0.05) is 23.8 Å². The summed E-state index contributed by atoms with van der Waals surface area (Å²) in [6.07, 6.45) is 33.1. The van der Waals surface area contributed by atoms with Crippen molar-refractivity contribution in [2.75, 3.05) is 19.0 Å². The molecule has 0 bridgehead atoms. The molecule has 0 aromatic carbocycles. The highest BCUT2D eigenvalue weighted by Crippen LogP contribution is 2.36. The number of carbonyl (C=O) groups is 3. The maximum Gasteiger partial charge on any atom is 0.469 e. The number of allylic oxidation sites excluding steroid dienone is 7. The van der Waals surface area contributed by atoms with E-state index < -0.39 is 62.4 Å². The molecule has 0 rings (SSSR count). The van der Waals surface area contributed by atoms with Crippen LogP contribution in [0.5, 0.6) is 0 Å². The van der Waals surface area contributed by atoms with Crippen molar-refractivity contribution in [1.29, 1.82) is 0 Å². The highest BCUT2D eigenvalue weighted by atomic mass is 32.2. The van der Waals surface area contributed by atoms with Crippen LogP contribution in [-0.4, -0.2) is 80.4 Å². The fourth-order valence-corrected chi connectivity index (χ4v) is 7.19. The zero-order valence-corrected chi connectivity index (χ0v) is 36.8. The first-order valence-corrected chi connectivity index (χ1v) is 23.8. The molecule has 0 aliphatic rings. The Morgan fingerprint density at radius 2 is 1.39 bits per heavy atom. The first-order chi connectivity index (χ1) is 27.2. The first kappa shape index (κ1) is 54.8. The molecule has 0 aromatic heterocycles. The minimum Gasteiger partial charge on any atom is -0.481 e. The molecule has 0 amide bonds. The van der Waals surface area contributed by atoms with Crippen LogP contribution in [0.3, 0.4) is 0 Å². The summed E-state index contributed by atoms with van der Waals surface area (Å²) in [7, 11) is -4.89. The number of phosphoric ester groups is 1. The Morgan fingerprint density at radius 3 is 2.00 bits per heavy atom. The lowest BCUT2D eigenvalue weighted by molar-refractivity contribution is -0.161. The Hall–Kier alpha value is -2.25. The first-order valence-electron chi connectivity index (χ1n) is 21.2. The maximum atomic E-state index is 12.8. The standard InChI is InChI=1S/C43H76NO11PS/c1-4-5-6-7-8-9-10-13-16-19-22-25-30-40(39(45)29-27-31-41(46)47)57-35-38(44)43(49)53-33-37(34-54-56(50,51)52)55-42(48)32-26-23-20-17-14-11-12-15-18-21-24-28-36(2)3/h8-9,13,16,19,22,25,30,36-40,45H,4-7,10-12,14-15,17-18,20-21,23-24,26-29,31-35,44H2,1-3H3,(H,46,47)(H2,50,51,52)/b9-8-,16-13-,22-19+,30-25+/t37-,38+,39+,40-/m1/s1.